The van der Waals surface area contributed by atoms with Gasteiger partial charge in [0.05, 0.1) is 11.6 Å². The van der Waals surface area contributed by atoms with Gasteiger partial charge in [0.1, 0.15) is 5.82 Å². The van der Waals surface area contributed by atoms with E-state index in [4.69, 9.17) is 0 Å². The molecule has 0 aliphatic heterocycles. The zero-order chi connectivity index (χ0) is 14.8. The standard InChI is InChI=1S/C17H13BrFNO/c18-12-7-6-11(15(19)10-12)9-17(21)14-3-1-5-16-13(14)4-2-8-20-16/h1-8,10,17,21H,9H2. The van der Waals surface area contributed by atoms with Crippen molar-refractivity contribution in [2.45, 2.75) is 12.5 Å². The number of nitrogens with zero attached hydrogens (tertiary/aromatic N) is 1. The number of fused-ring (bicyclic) bond motifs is 1. The molecule has 2 aromatic carbocycles. The molecule has 0 saturated heterocycles. The second-order valence-corrected chi connectivity index (χ2v) is 5.79. The molecule has 1 heterocycles. The van der Waals surface area contributed by atoms with Crippen LogP contribution in [-0.4, -0.2) is 10.1 Å². The van der Waals surface area contributed by atoms with E-state index in [-0.39, 0.29) is 12.2 Å². The van der Waals surface area contributed by atoms with Gasteiger partial charge in [-0.05, 0) is 35.4 Å². The van der Waals surface area contributed by atoms with Crippen LogP contribution in [0.5, 0.6) is 0 Å². The van der Waals surface area contributed by atoms with Gasteiger partial charge in [-0.15, -0.1) is 0 Å². The molecule has 1 unspecified atom stereocenters. The Morgan fingerprint density at radius 2 is 2.00 bits per heavy atom. The Morgan fingerprint density at radius 3 is 2.81 bits per heavy atom. The fourth-order valence-corrected chi connectivity index (χ4v) is 2.76. The Labute approximate surface area is 130 Å². The summed E-state index contributed by atoms with van der Waals surface area (Å²) < 4.78 is 14.6. The topological polar surface area (TPSA) is 33.1 Å². The summed E-state index contributed by atoms with van der Waals surface area (Å²) in [6, 6.07) is 14.2. The lowest BCUT2D eigenvalue weighted by atomic mass is 9.97. The normalized spacial score (nSPS) is 12.5. The van der Waals surface area contributed by atoms with Crippen molar-refractivity contribution in [1.82, 2.24) is 4.98 Å². The van der Waals surface area contributed by atoms with Crippen molar-refractivity contribution in [3.05, 3.63) is 76.1 Å². The number of hydrogen-bond donors (Lipinski definition) is 1. The van der Waals surface area contributed by atoms with Crippen LogP contribution in [0.25, 0.3) is 10.9 Å². The molecular weight excluding hydrogens is 333 g/mol. The maximum absolute atomic E-state index is 13.9. The fraction of sp³-hybridized carbons (Fsp3) is 0.118. The van der Waals surface area contributed by atoms with E-state index in [1.54, 1.807) is 18.3 Å². The first-order chi connectivity index (χ1) is 10.1. The Morgan fingerprint density at radius 1 is 1.14 bits per heavy atom. The molecule has 0 spiro atoms. The van der Waals surface area contributed by atoms with Crippen LogP contribution >= 0.6 is 15.9 Å². The first-order valence-corrected chi connectivity index (χ1v) is 7.40. The van der Waals surface area contributed by atoms with Gasteiger partial charge in [-0.1, -0.05) is 40.2 Å². The van der Waals surface area contributed by atoms with Crippen LogP contribution < -0.4 is 0 Å². The van der Waals surface area contributed by atoms with E-state index >= 15 is 0 Å². The third kappa shape index (κ3) is 2.96. The zero-order valence-electron chi connectivity index (χ0n) is 11.1. The summed E-state index contributed by atoms with van der Waals surface area (Å²) in [5.74, 6) is -0.318. The van der Waals surface area contributed by atoms with Crippen molar-refractivity contribution in [2.75, 3.05) is 0 Å². The van der Waals surface area contributed by atoms with Gasteiger partial charge < -0.3 is 5.11 Å². The molecule has 106 valence electrons. The van der Waals surface area contributed by atoms with Gasteiger partial charge in [-0.25, -0.2) is 4.39 Å². The van der Waals surface area contributed by atoms with E-state index in [9.17, 15) is 9.50 Å². The number of aliphatic hydroxyl groups excluding tert-OH is 1. The Balaban J connectivity index is 1.95. The fourth-order valence-electron chi connectivity index (χ4n) is 2.42. The molecule has 1 aromatic heterocycles. The number of pyridine rings is 1. The molecular formula is C17H13BrFNO. The van der Waals surface area contributed by atoms with Gasteiger partial charge in [0.25, 0.3) is 0 Å². The van der Waals surface area contributed by atoms with Crippen LogP contribution in [0.2, 0.25) is 0 Å². The highest BCUT2D eigenvalue weighted by Gasteiger charge is 2.14. The van der Waals surface area contributed by atoms with Crippen molar-refractivity contribution in [2.24, 2.45) is 0 Å². The van der Waals surface area contributed by atoms with Crippen molar-refractivity contribution < 1.29 is 9.50 Å². The minimum absolute atomic E-state index is 0.229. The van der Waals surface area contributed by atoms with Crippen molar-refractivity contribution in [1.29, 1.82) is 0 Å². The molecule has 21 heavy (non-hydrogen) atoms. The Bertz CT molecular complexity index is 785. The predicted molar refractivity (Wildman–Crippen MR) is 84.5 cm³/mol. The molecule has 0 aliphatic rings. The minimum atomic E-state index is -0.770. The van der Waals surface area contributed by atoms with E-state index in [2.05, 4.69) is 20.9 Å². The first-order valence-electron chi connectivity index (χ1n) is 6.61. The Kier molecular flexibility index (Phi) is 3.99. The molecule has 0 saturated carbocycles. The monoisotopic (exact) mass is 345 g/mol. The van der Waals surface area contributed by atoms with E-state index < -0.39 is 6.10 Å². The molecule has 2 nitrogen and oxygen atoms in total. The van der Waals surface area contributed by atoms with E-state index in [0.29, 0.717) is 10.0 Å². The number of benzene rings is 2. The van der Waals surface area contributed by atoms with Crippen molar-refractivity contribution >= 4 is 26.8 Å². The summed E-state index contributed by atoms with van der Waals surface area (Å²) in [7, 11) is 0. The maximum Gasteiger partial charge on any atom is 0.127 e. The van der Waals surface area contributed by atoms with Crippen LogP contribution in [0.15, 0.2) is 59.2 Å². The molecule has 3 aromatic rings. The van der Waals surface area contributed by atoms with Gasteiger partial charge in [0.15, 0.2) is 0 Å². The molecule has 0 bridgehead atoms. The van der Waals surface area contributed by atoms with Crippen LogP contribution in [0.1, 0.15) is 17.2 Å². The van der Waals surface area contributed by atoms with E-state index in [1.807, 2.05) is 30.3 Å². The zero-order valence-corrected chi connectivity index (χ0v) is 12.7. The average Bonchev–Trinajstić information content (AvgIpc) is 2.49. The predicted octanol–water partition coefficient (Wildman–Crippen LogP) is 4.41. The second-order valence-electron chi connectivity index (χ2n) is 4.87. The van der Waals surface area contributed by atoms with Crippen molar-refractivity contribution in [3.8, 4) is 0 Å². The lowest BCUT2D eigenvalue weighted by Crippen LogP contribution is -2.04. The van der Waals surface area contributed by atoms with E-state index in [1.165, 1.54) is 6.07 Å². The van der Waals surface area contributed by atoms with Crippen molar-refractivity contribution in [3.63, 3.8) is 0 Å². The van der Waals surface area contributed by atoms with Gasteiger partial charge in [0, 0.05) is 22.5 Å². The SMILES string of the molecule is OC(Cc1ccc(Br)cc1F)c1cccc2ncccc12. The molecule has 0 radical (unpaired) electrons. The van der Waals surface area contributed by atoms with Crippen LogP contribution in [0, 0.1) is 5.82 Å². The maximum atomic E-state index is 13.9. The highest BCUT2D eigenvalue weighted by atomic mass is 79.9. The summed E-state index contributed by atoms with van der Waals surface area (Å²) >= 11 is 3.23. The van der Waals surface area contributed by atoms with Gasteiger partial charge in [0.2, 0.25) is 0 Å². The van der Waals surface area contributed by atoms with E-state index in [0.717, 1.165) is 16.5 Å². The largest absolute Gasteiger partial charge is 0.388 e. The third-order valence-electron chi connectivity index (χ3n) is 3.47. The summed E-state index contributed by atoms with van der Waals surface area (Å²) in [4.78, 5) is 4.27. The average molecular weight is 346 g/mol. The summed E-state index contributed by atoms with van der Waals surface area (Å²) in [5, 5.41) is 11.4. The molecule has 4 heteroatoms. The Hall–Kier alpha value is -1.78. The summed E-state index contributed by atoms with van der Waals surface area (Å²) in [5.41, 5.74) is 2.08. The van der Waals surface area contributed by atoms with Gasteiger partial charge in [-0.3, -0.25) is 4.98 Å². The molecule has 0 aliphatic carbocycles. The quantitative estimate of drug-likeness (QED) is 0.762. The number of aliphatic hydroxyl groups is 1. The third-order valence-corrected chi connectivity index (χ3v) is 3.96. The molecule has 0 fully saturated rings. The molecule has 0 amide bonds. The van der Waals surface area contributed by atoms with Gasteiger partial charge in [-0.2, -0.15) is 0 Å². The summed E-state index contributed by atoms with van der Waals surface area (Å²) in [6.45, 7) is 0. The van der Waals surface area contributed by atoms with Crippen LogP contribution in [0.3, 0.4) is 0 Å². The highest BCUT2D eigenvalue weighted by Crippen LogP contribution is 2.27. The number of aromatic nitrogens is 1. The number of hydrogen-bond acceptors (Lipinski definition) is 2. The smallest absolute Gasteiger partial charge is 0.127 e. The lowest BCUT2D eigenvalue weighted by molar-refractivity contribution is 0.178. The molecule has 1 N–H and O–H groups in total. The highest BCUT2D eigenvalue weighted by molar-refractivity contribution is 9.10. The molecule has 3 rings (SSSR count). The summed E-state index contributed by atoms with van der Waals surface area (Å²) in [6.07, 6.45) is 1.17. The van der Waals surface area contributed by atoms with Gasteiger partial charge >= 0.3 is 0 Å². The number of rotatable bonds is 3. The first kappa shape index (κ1) is 14.2. The molecule has 1 atom stereocenters. The van der Waals surface area contributed by atoms with Crippen LogP contribution in [0.4, 0.5) is 4.39 Å². The number of halogens is 2. The lowest BCUT2D eigenvalue weighted by Gasteiger charge is -2.14. The van der Waals surface area contributed by atoms with Crippen LogP contribution in [-0.2, 0) is 6.42 Å². The second kappa shape index (κ2) is 5.92. The minimum Gasteiger partial charge on any atom is -0.388 e.